The third-order valence-corrected chi connectivity index (χ3v) is 4.96. The normalized spacial score (nSPS) is 11.2. The number of hydrogen-bond acceptors (Lipinski definition) is 1. The molecule has 0 aliphatic rings. The zero-order valence-electron chi connectivity index (χ0n) is 13.7. The third kappa shape index (κ3) is 3.04. The van der Waals surface area contributed by atoms with Gasteiger partial charge in [-0.05, 0) is 48.4 Å². The van der Waals surface area contributed by atoms with Crippen LogP contribution < -0.4 is 0 Å². The van der Waals surface area contributed by atoms with Crippen LogP contribution in [0.5, 0.6) is 0 Å². The Morgan fingerprint density at radius 2 is 1.68 bits per heavy atom. The minimum Gasteiger partial charge on any atom is -0.319 e. The molecule has 25 heavy (non-hydrogen) atoms. The molecule has 124 valence electrons. The summed E-state index contributed by atoms with van der Waals surface area (Å²) >= 11 is 12.5. The summed E-state index contributed by atoms with van der Waals surface area (Å²) in [6.45, 7) is 2.87. The molecule has 0 amide bonds. The first-order valence-electron chi connectivity index (χ1n) is 8.08. The van der Waals surface area contributed by atoms with E-state index in [1.165, 1.54) is 11.1 Å². The maximum atomic E-state index is 6.46. The van der Waals surface area contributed by atoms with E-state index in [4.69, 9.17) is 28.2 Å². The monoisotopic (exact) mass is 366 g/mol. The number of fused-ring (bicyclic) bond motifs is 1. The number of nitrogens with zero attached hydrogens (tertiary/aromatic N) is 2. The van der Waals surface area contributed by atoms with Gasteiger partial charge in [-0.2, -0.15) is 0 Å². The van der Waals surface area contributed by atoms with E-state index in [2.05, 4.69) is 41.8 Å². The van der Waals surface area contributed by atoms with E-state index in [9.17, 15) is 0 Å². The smallest absolute Gasteiger partial charge is 0.142 e. The largest absolute Gasteiger partial charge is 0.319 e. The SMILES string of the molecule is Cc1ccccc1Cn1c(-c2ccc(Cl)cc2Cl)nc2ccccc21. The lowest BCUT2D eigenvalue weighted by atomic mass is 10.1. The van der Waals surface area contributed by atoms with Gasteiger partial charge in [0, 0.05) is 17.1 Å². The molecule has 0 bridgehead atoms. The molecule has 4 rings (SSSR count). The number of hydrogen-bond donors (Lipinski definition) is 0. The first-order valence-corrected chi connectivity index (χ1v) is 8.84. The Bertz CT molecular complexity index is 1070. The van der Waals surface area contributed by atoms with Crippen molar-refractivity contribution < 1.29 is 0 Å². The van der Waals surface area contributed by atoms with Crippen molar-refractivity contribution in [3.63, 3.8) is 0 Å². The van der Waals surface area contributed by atoms with Gasteiger partial charge in [-0.3, -0.25) is 0 Å². The molecule has 3 aromatic carbocycles. The fourth-order valence-electron chi connectivity index (χ4n) is 3.07. The van der Waals surface area contributed by atoms with E-state index >= 15 is 0 Å². The van der Waals surface area contributed by atoms with Gasteiger partial charge in [-0.15, -0.1) is 0 Å². The van der Waals surface area contributed by atoms with E-state index in [-0.39, 0.29) is 0 Å². The van der Waals surface area contributed by atoms with Gasteiger partial charge in [-0.25, -0.2) is 4.98 Å². The molecule has 0 unspecified atom stereocenters. The van der Waals surface area contributed by atoms with Gasteiger partial charge in [0.2, 0.25) is 0 Å². The van der Waals surface area contributed by atoms with E-state index in [0.717, 1.165) is 29.0 Å². The average molecular weight is 367 g/mol. The minimum absolute atomic E-state index is 0.605. The van der Waals surface area contributed by atoms with Gasteiger partial charge < -0.3 is 4.57 Å². The second-order valence-electron chi connectivity index (χ2n) is 6.06. The van der Waals surface area contributed by atoms with Gasteiger partial charge in [0.15, 0.2) is 0 Å². The molecular weight excluding hydrogens is 351 g/mol. The Morgan fingerprint density at radius 1 is 0.920 bits per heavy atom. The highest BCUT2D eigenvalue weighted by atomic mass is 35.5. The number of benzene rings is 3. The maximum Gasteiger partial charge on any atom is 0.142 e. The molecule has 0 saturated carbocycles. The van der Waals surface area contributed by atoms with Crippen LogP contribution in [0.2, 0.25) is 10.0 Å². The van der Waals surface area contributed by atoms with Gasteiger partial charge in [0.05, 0.1) is 16.1 Å². The van der Waals surface area contributed by atoms with Gasteiger partial charge in [-0.1, -0.05) is 59.6 Å². The molecule has 0 aliphatic heterocycles. The molecule has 2 nitrogen and oxygen atoms in total. The summed E-state index contributed by atoms with van der Waals surface area (Å²) in [6.07, 6.45) is 0. The number of imidazole rings is 1. The quantitative estimate of drug-likeness (QED) is 0.412. The summed E-state index contributed by atoms with van der Waals surface area (Å²) in [4.78, 5) is 4.83. The van der Waals surface area contributed by atoms with Crippen LogP contribution in [0.3, 0.4) is 0 Å². The predicted octanol–water partition coefficient (Wildman–Crippen LogP) is 6.37. The molecule has 0 saturated heterocycles. The van der Waals surface area contributed by atoms with E-state index in [1.54, 1.807) is 6.07 Å². The first kappa shape index (κ1) is 16.2. The summed E-state index contributed by atoms with van der Waals surface area (Å²) in [5.74, 6) is 0.853. The molecule has 4 heteroatoms. The lowest BCUT2D eigenvalue weighted by Crippen LogP contribution is -2.04. The molecule has 1 heterocycles. The summed E-state index contributed by atoms with van der Waals surface area (Å²) < 4.78 is 2.22. The lowest BCUT2D eigenvalue weighted by Gasteiger charge is -2.12. The molecule has 0 radical (unpaired) electrons. The van der Waals surface area contributed by atoms with E-state index in [0.29, 0.717) is 10.0 Å². The number of halogens is 2. The van der Waals surface area contributed by atoms with Crippen molar-refractivity contribution >= 4 is 34.2 Å². The van der Waals surface area contributed by atoms with Crippen LogP contribution in [0.15, 0.2) is 66.7 Å². The van der Waals surface area contributed by atoms with Crippen LogP contribution in [0.4, 0.5) is 0 Å². The molecule has 0 fully saturated rings. The van der Waals surface area contributed by atoms with Gasteiger partial charge in [0.25, 0.3) is 0 Å². The fraction of sp³-hybridized carbons (Fsp3) is 0.0952. The van der Waals surface area contributed by atoms with Crippen LogP contribution in [0, 0.1) is 6.92 Å². The highest BCUT2D eigenvalue weighted by molar-refractivity contribution is 6.36. The number of para-hydroxylation sites is 2. The standard InChI is InChI=1S/C21H16Cl2N2/c1-14-6-2-3-7-15(14)13-25-20-9-5-4-8-19(20)24-21(25)17-11-10-16(22)12-18(17)23/h2-12H,13H2,1H3. The highest BCUT2D eigenvalue weighted by Crippen LogP contribution is 2.32. The summed E-state index contributed by atoms with van der Waals surface area (Å²) in [5.41, 5.74) is 5.45. The van der Waals surface area contributed by atoms with Gasteiger partial charge in [0.1, 0.15) is 5.82 Å². The Morgan fingerprint density at radius 3 is 2.48 bits per heavy atom. The molecular formula is C21H16Cl2N2. The average Bonchev–Trinajstić information content (AvgIpc) is 2.95. The first-order chi connectivity index (χ1) is 12.1. The maximum absolute atomic E-state index is 6.46. The van der Waals surface area contributed by atoms with E-state index in [1.807, 2.05) is 30.3 Å². The fourth-order valence-corrected chi connectivity index (χ4v) is 3.56. The Hall–Kier alpha value is -2.29. The highest BCUT2D eigenvalue weighted by Gasteiger charge is 2.16. The number of rotatable bonds is 3. The second-order valence-corrected chi connectivity index (χ2v) is 6.90. The van der Waals surface area contributed by atoms with Crippen molar-refractivity contribution in [2.24, 2.45) is 0 Å². The molecule has 0 atom stereocenters. The molecule has 0 N–H and O–H groups in total. The molecule has 0 spiro atoms. The van der Waals surface area contributed by atoms with E-state index < -0.39 is 0 Å². The Labute approximate surface area is 156 Å². The van der Waals surface area contributed by atoms with Crippen molar-refractivity contribution in [2.45, 2.75) is 13.5 Å². The predicted molar refractivity (Wildman–Crippen MR) is 105 cm³/mol. The number of aryl methyl sites for hydroxylation is 1. The van der Waals surface area contributed by atoms with Crippen LogP contribution in [-0.2, 0) is 6.54 Å². The van der Waals surface area contributed by atoms with Crippen LogP contribution >= 0.6 is 23.2 Å². The van der Waals surface area contributed by atoms with Crippen LogP contribution in [-0.4, -0.2) is 9.55 Å². The third-order valence-electron chi connectivity index (χ3n) is 4.42. The molecule has 4 aromatic rings. The van der Waals surface area contributed by atoms with Crippen molar-refractivity contribution in [3.05, 3.63) is 87.9 Å². The topological polar surface area (TPSA) is 17.8 Å². The van der Waals surface area contributed by atoms with Crippen LogP contribution in [0.1, 0.15) is 11.1 Å². The summed E-state index contributed by atoms with van der Waals surface area (Å²) in [7, 11) is 0. The zero-order valence-corrected chi connectivity index (χ0v) is 15.2. The Balaban J connectivity index is 1.94. The number of aromatic nitrogens is 2. The van der Waals surface area contributed by atoms with Crippen molar-refractivity contribution in [2.75, 3.05) is 0 Å². The second kappa shape index (κ2) is 6.55. The summed E-state index contributed by atoms with van der Waals surface area (Å²) in [5, 5.41) is 1.23. The molecule has 1 aromatic heterocycles. The van der Waals surface area contributed by atoms with Crippen molar-refractivity contribution in [1.29, 1.82) is 0 Å². The van der Waals surface area contributed by atoms with Crippen LogP contribution in [0.25, 0.3) is 22.4 Å². The zero-order chi connectivity index (χ0) is 17.4. The van der Waals surface area contributed by atoms with Crippen molar-refractivity contribution in [3.8, 4) is 11.4 Å². The minimum atomic E-state index is 0.605. The lowest BCUT2D eigenvalue weighted by molar-refractivity contribution is 0.828. The Kier molecular flexibility index (Phi) is 4.24. The van der Waals surface area contributed by atoms with Crippen molar-refractivity contribution in [1.82, 2.24) is 9.55 Å². The molecule has 0 aliphatic carbocycles. The van der Waals surface area contributed by atoms with Gasteiger partial charge >= 0.3 is 0 Å². The summed E-state index contributed by atoms with van der Waals surface area (Å²) in [6, 6.07) is 22.1.